The van der Waals surface area contributed by atoms with E-state index in [2.05, 4.69) is 62.2 Å². The van der Waals surface area contributed by atoms with Gasteiger partial charge < -0.3 is 49.3 Å². The Morgan fingerprint density at radius 2 is 1.23 bits per heavy atom. The van der Waals surface area contributed by atoms with Crippen molar-refractivity contribution >= 4 is 52.4 Å². The van der Waals surface area contributed by atoms with Gasteiger partial charge in [0.2, 0.25) is 25.4 Å². The number of ether oxygens (including phenoxy) is 5. The molecule has 1 unspecified atom stereocenters. The summed E-state index contributed by atoms with van der Waals surface area (Å²) in [6, 6.07) is 19.8. The van der Waals surface area contributed by atoms with E-state index in [9.17, 15) is 19.1 Å². The summed E-state index contributed by atoms with van der Waals surface area (Å²) < 4.78 is 57.6. The van der Waals surface area contributed by atoms with Crippen LogP contribution in [0.5, 0.6) is 23.0 Å². The largest absolute Gasteiger partial charge is 0.454 e. The Kier molecular flexibility index (Phi) is 15.5. The topological polar surface area (TPSA) is 176 Å². The van der Waals surface area contributed by atoms with Gasteiger partial charge in [0.1, 0.15) is 11.6 Å². The molecule has 14 nitrogen and oxygen atoms in total. The van der Waals surface area contributed by atoms with Gasteiger partial charge >= 0.3 is 0 Å². The second-order valence-electron chi connectivity index (χ2n) is 19.7. The van der Waals surface area contributed by atoms with E-state index in [1.54, 1.807) is 26.4 Å². The molecule has 1 aromatic heterocycles. The van der Waals surface area contributed by atoms with Crippen molar-refractivity contribution in [3.8, 4) is 23.0 Å². The van der Waals surface area contributed by atoms with Crippen LogP contribution in [0, 0.1) is 17.0 Å². The van der Waals surface area contributed by atoms with Crippen molar-refractivity contribution in [2.45, 2.75) is 110 Å². The van der Waals surface area contributed by atoms with Gasteiger partial charge in [-0.05, 0) is 103 Å². The smallest absolute Gasteiger partial charge is 0.235 e. The van der Waals surface area contributed by atoms with Crippen LogP contribution in [0.4, 0.5) is 25.8 Å². The zero-order valence-electron chi connectivity index (χ0n) is 39.8. The molecule has 2 fully saturated rings. The summed E-state index contributed by atoms with van der Waals surface area (Å²) in [6.45, 7) is 13.5. The Balaban J connectivity index is 0.000000198. The minimum atomic E-state index is -0.679. The van der Waals surface area contributed by atoms with Crippen molar-refractivity contribution in [1.82, 2.24) is 4.57 Å². The molecule has 4 N–H and O–H groups in total. The Morgan fingerprint density at radius 3 is 1.68 bits per heavy atom. The number of hydrogen-bond acceptors (Lipinski definition) is 11. The van der Waals surface area contributed by atoms with Crippen molar-refractivity contribution in [2.24, 2.45) is 5.41 Å². The molecular formula is C53H64F2N4O10. The van der Waals surface area contributed by atoms with Crippen molar-refractivity contribution in [3.05, 3.63) is 101 Å². The average Bonchev–Trinajstić information content (AvgIpc) is 4.04. The molecule has 0 saturated heterocycles. The van der Waals surface area contributed by atoms with Crippen LogP contribution in [-0.4, -0.2) is 74.5 Å². The number of rotatable bonds is 9. The first-order chi connectivity index (χ1) is 32.3. The van der Waals surface area contributed by atoms with E-state index in [1.807, 2.05) is 47.0 Å². The van der Waals surface area contributed by atoms with Crippen LogP contribution in [0.2, 0.25) is 0 Å². The average molecular weight is 955 g/mol. The van der Waals surface area contributed by atoms with Crippen molar-refractivity contribution < 1.29 is 56.7 Å². The van der Waals surface area contributed by atoms with Gasteiger partial charge in [-0.2, -0.15) is 0 Å². The standard InChI is InChI=1S/C25H27FN2O4.C23H25FN2O3.C2H2O2.C2H6O.CH4/c1-24(2,3)22-11-15-10-18(17(26)13-19(15)28(22)8-9-29)27-23(30)25(6-7-25)16-4-5-20-21(12-16)32-14-31-20;1-22(2,3)20-9-13-8-17(15(24)11-16(13)25-20)26-21(27)23(6-7-23)14-4-5-18-19(10-14)29-12-28-18;3-1-2-4;1-3-2;/h4-5,10-13,29H,6-9,14H2,1-3H3,(H,27,30);4-5,8,10-11,20,25H,6-7,9,12H2,1-3H3,(H,26,27);1-2H;1-2H3;1H4. The number of carbonyl (C=O) groups excluding carboxylic acids is 4. The highest BCUT2D eigenvalue weighted by atomic mass is 19.1. The third-order valence-corrected chi connectivity index (χ3v) is 12.8. The van der Waals surface area contributed by atoms with Crippen LogP contribution in [-0.2, 0) is 53.1 Å². The number of aliphatic hydroxyl groups excluding tert-OH is 1. The zero-order valence-corrected chi connectivity index (χ0v) is 39.8. The molecule has 370 valence electrons. The maximum absolute atomic E-state index is 15.1. The van der Waals surface area contributed by atoms with E-state index in [4.69, 9.17) is 28.5 Å². The molecule has 10 rings (SSSR count). The lowest BCUT2D eigenvalue weighted by atomic mass is 9.85. The van der Waals surface area contributed by atoms with E-state index < -0.39 is 22.5 Å². The summed E-state index contributed by atoms with van der Waals surface area (Å²) in [5, 5.41) is 19.4. The molecule has 4 aromatic carbocycles. The third kappa shape index (κ3) is 10.9. The molecule has 5 aromatic rings. The molecule has 2 amide bonds. The monoisotopic (exact) mass is 954 g/mol. The number of hydrogen-bond donors (Lipinski definition) is 4. The first kappa shape index (κ1) is 51.9. The van der Waals surface area contributed by atoms with Gasteiger partial charge in [-0.1, -0.05) is 61.1 Å². The fourth-order valence-corrected chi connectivity index (χ4v) is 8.76. The summed E-state index contributed by atoms with van der Waals surface area (Å²) in [7, 11) is 3.25. The van der Waals surface area contributed by atoms with Gasteiger partial charge in [-0.3, -0.25) is 19.2 Å². The lowest BCUT2D eigenvalue weighted by Gasteiger charge is -2.27. The zero-order chi connectivity index (χ0) is 49.2. The van der Waals surface area contributed by atoms with Crippen LogP contribution in [0.15, 0.2) is 66.7 Å². The van der Waals surface area contributed by atoms with Crippen molar-refractivity contribution in [1.29, 1.82) is 0 Å². The normalized spacial score (nSPS) is 16.9. The van der Waals surface area contributed by atoms with Gasteiger partial charge in [0.25, 0.3) is 0 Å². The Hall–Kier alpha value is -6.52. The molecule has 0 radical (unpaired) electrons. The van der Waals surface area contributed by atoms with Gasteiger partial charge in [-0.15, -0.1) is 0 Å². The predicted octanol–water partition coefficient (Wildman–Crippen LogP) is 9.36. The number of amides is 2. The molecule has 2 aliphatic carbocycles. The highest BCUT2D eigenvalue weighted by molar-refractivity contribution is 6.09. The number of nitrogens with one attached hydrogen (secondary N) is 3. The number of fused-ring (bicyclic) bond motifs is 4. The second-order valence-corrected chi connectivity index (χ2v) is 19.7. The number of methoxy groups -OCH3 is 1. The van der Waals surface area contributed by atoms with Gasteiger partial charge in [0.05, 0.1) is 34.3 Å². The highest BCUT2D eigenvalue weighted by Crippen LogP contribution is 2.53. The molecule has 1 atom stereocenters. The van der Waals surface area contributed by atoms with Crippen LogP contribution in [0.3, 0.4) is 0 Å². The van der Waals surface area contributed by atoms with Gasteiger partial charge in [-0.25, -0.2) is 8.78 Å². The molecule has 0 spiro atoms. The third-order valence-electron chi connectivity index (χ3n) is 12.8. The van der Waals surface area contributed by atoms with Gasteiger partial charge in [0, 0.05) is 55.1 Å². The van der Waals surface area contributed by atoms with E-state index in [-0.39, 0.29) is 80.3 Å². The Labute approximate surface area is 402 Å². The maximum Gasteiger partial charge on any atom is 0.235 e. The van der Waals surface area contributed by atoms with E-state index in [0.717, 1.165) is 52.7 Å². The van der Waals surface area contributed by atoms with Gasteiger partial charge in [0.15, 0.2) is 35.6 Å². The van der Waals surface area contributed by atoms with Crippen molar-refractivity contribution in [2.75, 3.05) is 50.4 Å². The first-order valence-electron chi connectivity index (χ1n) is 22.6. The van der Waals surface area contributed by atoms with Crippen LogP contribution < -0.4 is 34.9 Å². The van der Waals surface area contributed by atoms with E-state index >= 15 is 4.39 Å². The number of benzene rings is 4. The maximum atomic E-state index is 15.1. The van der Waals surface area contributed by atoms with Crippen LogP contribution >= 0.6 is 0 Å². The molecule has 5 aliphatic rings. The van der Waals surface area contributed by atoms with E-state index in [0.29, 0.717) is 47.9 Å². The van der Waals surface area contributed by atoms with Crippen LogP contribution in [0.1, 0.15) is 97.0 Å². The molecule has 4 heterocycles. The number of aliphatic hydroxyl groups is 1. The highest BCUT2D eigenvalue weighted by Gasteiger charge is 2.53. The lowest BCUT2D eigenvalue weighted by Crippen LogP contribution is -2.31. The van der Waals surface area contributed by atoms with Crippen molar-refractivity contribution in [3.63, 3.8) is 0 Å². The summed E-state index contributed by atoms with van der Waals surface area (Å²) >= 11 is 0. The minimum Gasteiger partial charge on any atom is -0.454 e. The second kappa shape index (κ2) is 20.6. The molecule has 69 heavy (non-hydrogen) atoms. The number of carbonyl (C=O) groups is 4. The predicted molar refractivity (Wildman–Crippen MR) is 261 cm³/mol. The molecule has 0 bridgehead atoms. The quantitative estimate of drug-likeness (QED) is 0.0819. The Bertz CT molecular complexity index is 2710. The summed E-state index contributed by atoms with van der Waals surface area (Å²) in [4.78, 5) is 44.0. The summed E-state index contributed by atoms with van der Waals surface area (Å²) in [5.74, 6) is 1.34. The fraction of sp³-hybridized carbons (Fsp3) is 0.434. The molecule has 3 aliphatic heterocycles. The number of anilines is 3. The Morgan fingerprint density at radius 1 is 0.754 bits per heavy atom. The fourth-order valence-electron chi connectivity index (χ4n) is 8.76. The van der Waals surface area contributed by atoms with E-state index in [1.165, 1.54) is 12.1 Å². The molecular weight excluding hydrogens is 891 g/mol. The first-order valence-corrected chi connectivity index (χ1v) is 22.6. The summed E-state index contributed by atoms with van der Waals surface area (Å²) in [5.41, 5.74) is 4.29. The number of halogens is 2. The molecule has 16 heteroatoms. The minimum absolute atomic E-state index is 0. The number of nitrogens with zero attached hydrogens (tertiary/aromatic N) is 1. The van der Waals surface area contributed by atoms with Crippen LogP contribution in [0.25, 0.3) is 10.9 Å². The number of aromatic nitrogens is 1. The summed E-state index contributed by atoms with van der Waals surface area (Å²) in [6.07, 6.45) is 4.07. The SMILES string of the molecule is C.CC(C)(C)C1Cc2cc(NC(=O)C3(c4ccc5c(c4)OCO5)CC3)c(F)cc2N1.CC(C)(C)c1cc2cc(NC(=O)C3(c4ccc5c(c4)OCO5)CC3)c(F)cc2n1CCO.COC.O=CC=O. The molecule has 2 saturated carbocycles. The number of aldehydes is 2. The lowest BCUT2D eigenvalue weighted by molar-refractivity contribution is -0.122.